The maximum atomic E-state index is 13.0. The van der Waals surface area contributed by atoms with Crippen LogP contribution in [-0.2, 0) is 9.84 Å². The minimum Gasteiger partial charge on any atom is -0.313 e. The molecular weight excluding hydrogens is 217 g/mol. The smallest absolute Gasteiger partial charge is 0.196 e. The highest BCUT2D eigenvalue weighted by Crippen LogP contribution is 2.22. The molecule has 0 heterocycles. The third kappa shape index (κ3) is 2.18. The summed E-state index contributed by atoms with van der Waals surface area (Å²) in [6, 6.07) is 3.65. The molecule has 0 aliphatic rings. The van der Waals surface area contributed by atoms with Crippen LogP contribution in [0.5, 0.6) is 0 Å². The average Bonchev–Trinajstić information content (AvgIpc) is 2.07. The summed E-state index contributed by atoms with van der Waals surface area (Å²) in [7, 11) is -3.60. The first-order valence-corrected chi connectivity index (χ1v) is 5.94. The van der Waals surface area contributed by atoms with Crippen molar-refractivity contribution in [2.24, 2.45) is 5.73 Å². The fraction of sp³-hybridized carbons (Fsp3) is 0.400. The number of sulfone groups is 1. The average molecular weight is 231 g/mol. The Kier molecular flexibility index (Phi) is 2.89. The van der Waals surface area contributed by atoms with Crippen molar-refractivity contribution in [3.63, 3.8) is 0 Å². The molecule has 0 aliphatic heterocycles. The van der Waals surface area contributed by atoms with Crippen molar-refractivity contribution in [3.8, 4) is 0 Å². The van der Waals surface area contributed by atoms with Crippen LogP contribution < -0.4 is 5.73 Å². The summed E-state index contributed by atoms with van der Waals surface area (Å²) >= 11 is 0. The summed E-state index contributed by atoms with van der Waals surface area (Å²) in [5, 5.41) is 0. The molecule has 0 amide bonds. The molecule has 15 heavy (non-hydrogen) atoms. The van der Waals surface area contributed by atoms with Gasteiger partial charge in [-0.1, -0.05) is 0 Å². The predicted octanol–water partition coefficient (Wildman–Crippen LogP) is 1.60. The van der Waals surface area contributed by atoms with E-state index >= 15 is 0 Å². The van der Waals surface area contributed by atoms with E-state index in [1.165, 1.54) is 32.9 Å². The zero-order chi connectivity index (χ0) is 11.9. The molecule has 0 unspecified atom stereocenters. The van der Waals surface area contributed by atoms with E-state index in [0.717, 1.165) is 6.07 Å². The first-order chi connectivity index (χ1) is 6.66. The lowest BCUT2D eigenvalue weighted by Gasteiger charge is -2.19. The monoisotopic (exact) mass is 231 g/mol. The second kappa shape index (κ2) is 3.57. The van der Waals surface area contributed by atoms with Crippen LogP contribution in [0.25, 0.3) is 0 Å². The Labute approximate surface area is 89.0 Å². The number of nitrogens with two attached hydrogens (primary N) is 1. The molecule has 0 bridgehead atoms. The Balaban J connectivity index is 3.36. The van der Waals surface area contributed by atoms with E-state index in [0.29, 0.717) is 5.56 Å². The van der Waals surface area contributed by atoms with Crippen LogP contribution in [0.3, 0.4) is 0 Å². The highest BCUT2D eigenvalue weighted by Gasteiger charge is 2.31. The van der Waals surface area contributed by atoms with Crippen LogP contribution in [0, 0.1) is 12.7 Å². The molecule has 1 aromatic rings. The van der Waals surface area contributed by atoms with Crippen LogP contribution in [0.15, 0.2) is 23.1 Å². The second-order valence-corrected chi connectivity index (χ2v) is 6.55. The Morgan fingerprint density at radius 2 is 1.87 bits per heavy atom. The van der Waals surface area contributed by atoms with Crippen LogP contribution in [-0.4, -0.2) is 13.3 Å². The molecule has 0 saturated carbocycles. The molecular formula is C10H14FNO2S. The number of aryl methyl sites for hydroxylation is 1. The fourth-order valence-corrected chi connectivity index (χ4v) is 2.27. The third-order valence-corrected chi connectivity index (χ3v) is 4.39. The van der Waals surface area contributed by atoms with Gasteiger partial charge in [0.1, 0.15) is 10.7 Å². The van der Waals surface area contributed by atoms with Gasteiger partial charge in [-0.3, -0.25) is 0 Å². The minimum atomic E-state index is -3.60. The number of hydrogen-bond donors (Lipinski definition) is 1. The lowest BCUT2D eigenvalue weighted by molar-refractivity contribution is 0.551. The Bertz CT molecular complexity index is 475. The summed E-state index contributed by atoms with van der Waals surface area (Å²) in [4.78, 5) is -1.31. The number of halogens is 1. The molecule has 0 saturated heterocycles. The molecule has 0 fully saturated rings. The SMILES string of the molecule is Cc1cc(S(=O)(=O)C(C)(C)N)ccc1F. The van der Waals surface area contributed by atoms with E-state index in [1.54, 1.807) is 0 Å². The van der Waals surface area contributed by atoms with E-state index in [4.69, 9.17) is 5.73 Å². The van der Waals surface area contributed by atoms with Crippen molar-refractivity contribution in [1.29, 1.82) is 0 Å². The highest BCUT2D eigenvalue weighted by molar-refractivity contribution is 7.92. The van der Waals surface area contributed by atoms with Gasteiger partial charge in [-0.2, -0.15) is 0 Å². The molecule has 5 heteroatoms. The molecule has 0 radical (unpaired) electrons. The molecule has 1 aromatic carbocycles. The second-order valence-electron chi connectivity index (χ2n) is 4.02. The van der Waals surface area contributed by atoms with Gasteiger partial charge in [0.15, 0.2) is 9.84 Å². The molecule has 3 nitrogen and oxygen atoms in total. The van der Waals surface area contributed by atoms with E-state index in [1.807, 2.05) is 0 Å². The van der Waals surface area contributed by atoms with Crippen molar-refractivity contribution in [2.45, 2.75) is 30.5 Å². The number of rotatable bonds is 2. The van der Waals surface area contributed by atoms with Crippen molar-refractivity contribution in [2.75, 3.05) is 0 Å². The van der Waals surface area contributed by atoms with Crippen LogP contribution >= 0.6 is 0 Å². The van der Waals surface area contributed by atoms with Crippen molar-refractivity contribution in [3.05, 3.63) is 29.6 Å². The number of benzene rings is 1. The Morgan fingerprint density at radius 1 is 1.33 bits per heavy atom. The molecule has 84 valence electrons. The summed E-state index contributed by atoms with van der Waals surface area (Å²) in [5.74, 6) is -0.427. The van der Waals surface area contributed by atoms with Crippen molar-refractivity contribution >= 4 is 9.84 Å². The maximum Gasteiger partial charge on any atom is 0.196 e. The van der Waals surface area contributed by atoms with E-state index in [9.17, 15) is 12.8 Å². The van der Waals surface area contributed by atoms with Gasteiger partial charge in [0.05, 0.1) is 4.90 Å². The minimum absolute atomic E-state index is 0.0499. The van der Waals surface area contributed by atoms with Gasteiger partial charge in [-0.15, -0.1) is 0 Å². The van der Waals surface area contributed by atoms with Gasteiger partial charge in [0, 0.05) is 0 Å². The number of hydrogen-bond acceptors (Lipinski definition) is 3. The molecule has 0 aromatic heterocycles. The summed E-state index contributed by atoms with van der Waals surface area (Å²) in [6.45, 7) is 4.32. The van der Waals surface area contributed by atoms with Gasteiger partial charge in [0.2, 0.25) is 0 Å². The van der Waals surface area contributed by atoms with E-state index in [2.05, 4.69) is 0 Å². The van der Waals surface area contributed by atoms with Crippen molar-refractivity contribution in [1.82, 2.24) is 0 Å². The van der Waals surface area contributed by atoms with Crippen LogP contribution in [0.4, 0.5) is 4.39 Å². The molecule has 2 N–H and O–H groups in total. The first-order valence-electron chi connectivity index (χ1n) is 4.46. The largest absolute Gasteiger partial charge is 0.313 e. The standard InChI is InChI=1S/C10H14FNO2S/c1-7-6-8(4-5-9(7)11)15(13,14)10(2,3)12/h4-6H,12H2,1-3H3. The first kappa shape index (κ1) is 12.1. The Hall–Kier alpha value is -0.940. The predicted molar refractivity (Wildman–Crippen MR) is 56.6 cm³/mol. The van der Waals surface area contributed by atoms with E-state index in [-0.39, 0.29) is 4.90 Å². The molecule has 0 aliphatic carbocycles. The highest BCUT2D eigenvalue weighted by atomic mass is 32.2. The fourth-order valence-electron chi connectivity index (χ4n) is 1.09. The zero-order valence-corrected chi connectivity index (χ0v) is 9.73. The third-order valence-electron chi connectivity index (χ3n) is 2.13. The normalized spacial score (nSPS) is 12.9. The van der Waals surface area contributed by atoms with E-state index < -0.39 is 20.5 Å². The van der Waals surface area contributed by atoms with Crippen LogP contribution in [0.1, 0.15) is 19.4 Å². The Morgan fingerprint density at radius 3 is 2.27 bits per heavy atom. The molecule has 1 rings (SSSR count). The molecule has 0 spiro atoms. The zero-order valence-electron chi connectivity index (χ0n) is 8.91. The van der Waals surface area contributed by atoms with Gasteiger partial charge in [-0.25, -0.2) is 12.8 Å². The maximum absolute atomic E-state index is 13.0. The quantitative estimate of drug-likeness (QED) is 0.786. The lowest BCUT2D eigenvalue weighted by atomic mass is 10.2. The van der Waals surface area contributed by atoms with Crippen molar-refractivity contribution < 1.29 is 12.8 Å². The van der Waals surface area contributed by atoms with Crippen LogP contribution in [0.2, 0.25) is 0 Å². The van der Waals surface area contributed by atoms with Gasteiger partial charge in [0.25, 0.3) is 0 Å². The van der Waals surface area contributed by atoms with Gasteiger partial charge in [-0.05, 0) is 44.5 Å². The lowest BCUT2D eigenvalue weighted by Crippen LogP contribution is -2.41. The van der Waals surface area contributed by atoms with Gasteiger partial charge < -0.3 is 5.73 Å². The topological polar surface area (TPSA) is 60.2 Å². The molecule has 0 atom stereocenters. The van der Waals surface area contributed by atoms with Gasteiger partial charge >= 0.3 is 0 Å². The summed E-state index contributed by atoms with van der Waals surface area (Å²) in [5.41, 5.74) is 5.84. The summed E-state index contributed by atoms with van der Waals surface area (Å²) < 4.78 is 36.7. The summed E-state index contributed by atoms with van der Waals surface area (Å²) in [6.07, 6.45) is 0.